The third-order valence-corrected chi connectivity index (χ3v) is 2.99. The van der Waals surface area contributed by atoms with Crippen LogP contribution in [0.2, 0.25) is 0 Å². The standard InChI is InChI=1S/C15H22NO4/c1-16(2,3)8-9-18-15(17)10-12-11-19-13-6-4-5-7-14(13)20-12/h4-7,12H,8-11H2,1-3H3/q+1. The van der Waals surface area contributed by atoms with Gasteiger partial charge in [0.25, 0.3) is 0 Å². The topological polar surface area (TPSA) is 44.8 Å². The van der Waals surface area contributed by atoms with Crippen molar-refractivity contribution in [3.05, 3.63) is 24.3 Å². The maximum atomic E-state index is 11.7. The Morgan fingerprint density at radius 3 is 2.70 bits per heavy atom. The van der Waals surface area contributed by atoms with Crippen LogP contribution in [0.1, 0.15) is 6.42 Å². The van der Waals surface area contributed by atoms with Crippen LogP contribution in [-0.2, 0) is 9.53 Å². The molecule has 0 saturated heterocycles. The van der Waals surface area contributed by atoms with Gasteiger partial charge >= 0.3 is 5.97 Å². The van der Waals surface area contributed by atoms with Crippen molar-refractivity contribution < 1.29 is 23.5 Å². The number of benzene rings is 1. The van der Waals surface area contributed by atoms with Crippen molar-refractivity contribution in [3.63, 3.8) is 0 Å². The van der Waals surface area contributed by atoms with Gasteiger partial charge in [-0.3, -0.25) is 4.79 Å². The number of hydrogen-bond acceptors (Lipinski definition) is 4. The van der Waals surface area contributed by atoms with Crippen LogP contribution in [0.25, 0.3) is 0 Å². The van der Waals surface area contributed by atoms with Crippen molar-refractivity contribution in [2.75, 3.05) is 40.9 Å². The van der Waals surface area contributed by atoms with E-state index in [1.165, 1.54) is 0 Å². The molecule has 1 aromatic rings. The van der Waals surface area contributed by atoms with Crippen LogP contribution >= 0.6 is 0 Å². The van der Waals surface area contributed by atoms with E-state index in [0.29, 0.717) is 19.0 Å². The number of hydrogen-bond donors (Lipinski definition) is 0. The minimum Gasteiger partial charge on any atom is -0.486 e. The lowest BCUT2D eigenvalue weighted by molar-refractivity contribution is -0.870. The Labute approximate surface area is 119 Å². The first-order valence-electron chi connectivity index (χ1n) is 6.78. The maximum Gasteiger partial charge on any atom is 0.309 e. The number of esters is 1. The zero-order valence-electron chi connectivity index (χ0n) is 12.3. The fourth-order valence-electron chi connectivity index (χ4n) is 1.84. The Balaban J connectivity index is 1.76. The Morgan fingerprint density at radius 1 is 1.30 bits per heavy atom. The van der Waals surface area contributed by atoms with E-state index >= 15 is 0 Å². The normalized spacial score (nSPS) is 17.6. The van der Waals surface area contributed by atoms with Gasteiger partial charge in [0.2, 0.25) is 0 Å². The molecule has 110 valence electrons. The summed E-state index contributed by atoms with van der Waals surface area (Å²) >= 11 is 0. The molecule has 1 unspecified atom stereocenters. The summed E-state index contributed by atoms with van der Waals surface area (Å²) in [6, 6.07) is 7.46. The summed E-state index contributed by atoms with van der Waals surface area (Å²) in [5.74, 6) is 1.16. The number of nitrogens with zero attached hydrogens (tertiary/aromatic N) is 1. The average Bonchev–Trinajstić information content (AvgIpc) is 2.37. The van der Waals surface area contributed by atoms with Gasteiger partial charge in [0.1, 0.15) is 25.9 Å². The number of fused-ring (bicyclic) bond motifs is 1. The van der Waals surface area contributed by atoms with Crippen molar-refractivity contribution in [2.45, 2.75) is 12.5 Å². The lowest BCUT2D eigenvalue weighted by Crippen LogP contribution is -2.38. The molecule has 0 radical (unpaired) electrons. The zero-order chi connectivity index (χ0) is 14.6. The van der Waals surface area contributed by atoms with Gasteiger partial charge < -0.3 is 18.7 Å². The molecule has 1 atom stereocenters. The SMILES string of the molecule is C[N+](C)(C)CCOC(=O)CC1COc2ccccc2O1. The highest BCUT2D eigenvalue weighted by Gasteiger charge is 2.24. The summed E-state index contributed by atoms with van der Waals surface area (Å²) in [5.41, 5.74) is 0. The van der Waals surface area contributed by atoms with Gasteiger partial charge in [0, 0.05) is 0 Å². The third kappa shape index (κ3) is 4.42. The Hall–Kier alpha value is -1.75. The molecule has 5 heteroatoms. The van der Waals surface area contributed by atoms with Crippen LogP contribution in [0, 0.1) is 0 Å². The number of quaternary nitrogens is 1. The van der Waals surface area contributed by atoms with Crippen molar-refractivity contribution in [2.24, 2.45) is 0 Å². The molecule has 0 fully saturated rings. The van der Waals surface area contributed by atoms with E-state index in [4.69, 9.17) is 14.2 Å². The lowest BCUT2D eigenvalue weighted by Gasteiger charge is -2.26. The molecule has 5 nitrogen and oxygen atoms in total. The maximum absolute atomic E-state index is 11.7. The predicted molar refractivity (Wildman–Crippen MR) is 74.8 cm³/mol. The minimum atomic E-state index is -0.276. The molecule has 0 bridgehead atoms. The van der Waals surface area contributed by atoms with E-state index in [2.05, 4.69) is 21.1 Å². The molecule has 0 spiro atoms. The molecule has 1 aliphatic heterocycles. The van der Waals surface area contributed by atoms with Crippen LogP contribution in [0.4, 0.5) is 0 Å². The third-order valence-electron chi connectivity index (χ3n) is 2.99. The van der Waals surface area contributed by atoms with Crippen LogP contribution in [0.5, 0.6) is 11.5 Å². The fourth-order valence-corrected chi connectivity index (χ4v) is 1.84. The summed E-state index contributed by atoms with van der Waals surface area (Å²) in [5, 5.41) is 0. The van der Waals surface area contributed by atoms with Crippen molar-refractivity contribution in [1.82, 2.24) is 0 Å². The number of likely N-dealkylation sites (N-methyl/N-ethyl adjacent to an activating group) is 1. The summed E-state index contributed by atoms with van der Waals surface area (Å²) in [4.78, 5) is 11.7. The summed E-state index contributed by atoms with van der Waals surface area (Å²) in [7, 11) is 6.18. The van der Waals surface area contributed by atoms with Gasteiger partial charge in [-0.2, -0.15) is 0 Å². The Bertz CT molecular complexity index is 467. The first kappa shape index (κ1) is 14.7. The Kier molecular flexibility index (Phi) is 4.49. The molecule has 0 N–H and O–H groups in total. The highest BCUT2D eigenvalue weighted by Crippen LogP contribution is 2.31. The van der Waals surface area contributed by atoms with Gasteiger partial charge in [-0.25, -0.2) is 0 Å². The van der Waals surface area contributed by atoms with Crippen LogP contribution in [0.15, 0.2) is 24.3 Å². The highest BCUT2D eigenvalue weighted by atomic mass is 16.6. The molecule has 0 saturated carbocycles. The van der Waals surface area contributed by atoms with Crippen LogP contribution < -0.4 is 9.47 Å². The van der Waals surface area contributed by atoms with Gasteiger partial charge in [-0.15, -0.1) is 0 Å². The van der Waals surface area contributed by atoms with E-state index in [1.807, 2.05) is 24.3 Å². The van der Waals surface area contributed by atoms with Gasteiger partial charge in [0.05, 0.1) is 27.6 Å². The smallest absolute Gasteiger partial charge is 0.309 e. The van der Waals surface area contributed by atoms with Crippen LogP contribution in [-0.4, -0.2) is 57.5 Å². The number of para-hydroxylation sites is 2. The second kappa shape index (κ2) is 6.13. The van der Waals surface area contributed by atoms with Crippen molar-refractivity contribution in [1.29, 1.82) is 0 Å². The molecule has 0 aliphatic carbocycles. The molecule has 1 aromatic carbocycles. The quantitative estimate of drug-likeness (QED) is 0.605. The number of carbonyl (C=O) groups is 1. The Morgan fingerprint density at radius 2 is 2.00 bits per heavy atom. The first-order valence-corrected chi connectivity index (χ1v) is 6.78. The van der Waals surface area contributed by atoms with Gasteiger partial charge in [-0.1, -0.05) is 12.1 Å². The molecule has 20 heavy (non-hydrogen) atoms. The van der Waals surface area contributed by atoms with E-state index in [1.54, 1.807) is 0 Å². The van der Waals surface area contributed by atoms with Crippen molar-refractivity contribution >= 4 is 5.97 Å². The first-order chi connectivity index (χ1) is 9.44. The molecule has 1 heterocycles. The fraction of sp³-hybridized carbons (Fsp3) is 0.533. The predicted octanol–water partition coefficient (Wildman–Crippen LogP) is 1.47. The number of carbonyl (C=O) groups excluding carboxylic acids is 1. The second-order valence-corrected chi connectivity index (χ2v) is 5.94. The molecule has 2 rings (SSSR count). The van der Waals surface area contributed by atoms with E-state index < -0.39 is 0 Å². The summed E-state index contributed by atoms with van der Waals surface area (Å²) in [6.07, 6.45) is -0.0626. The summed E-state index contributed by atoms with van der Waals surface area (Å²) in [6.45, 7) is 1.59. The van der Waals surface area contributed by atoms with Crippen LogP contribution in [0.3, 0.4) is 0 Å². The minimum absolute atomic E-state index is 0.214. The molecule has 0 aromatic heterocycles. The summed E-state index contributed by atoms with van der Waals surface area (Å²) < 4.78 is 17.3. The molecule has 1 aliphatic rings. The monoisotopic (exact) mass is 280 g/mol. The molecular weight excluding hydrogens is 258 g/mol. The second-order valence-electron chi connectivity index (χ2n) is 5.94. The van der Waals surface area contributed by atoms with Gasteiger partial charge in [-0.05, 0) is 12.1 Å². The number of rotatable bonds is 5. The lowest BCUT2D eigenvalue weighted by atomic mass is 10.2. The average molecular weight is 280 g/mol. The van der Waals surface area contributed by atoms with E-state index in [0.717, 1.165) is 16.8 Å². The van der Waals surface area contributed by atoms with Crippen molar-refractivity contribution in [3.8, 4) is 11.5 Å². The highest BCUT2D eigenvalue weighted by molar-refractivity contribution is 5.70. The largest absolute Gasteiger partial charge is 0.486 e. The van der Waals surface area contributed by atoms with Gasteiger partial charge in [0.15, 0.2) is 11.5 Å². The molecular formula is C15H22NO4+. The van der Waals surface area contributed by atoms with E-state index in [-0.39, 0.29) is 18.5 Å². The zero-order valence-corrected chi connectivity index (χ0v) is 12.3. The van der Waals surface area contributed by atoms with E-state index in [9.17, 15) is 4.79 Å². The molecule has 0 amide bonds. The number of ether oxygens (including phenoxy) is 3.